The van der Waals surface area contributed by atoms with Crippen molar-refractivity contribution in [1.82, 2.24) is 19.3 Å². The Hall–Kier alpha value is -2.44. The van der Waals surface area contributed by atoms with Crippen molar-refractivity contribution in [3.63, 3.8) is 0 Å². The quantitative estimate of drug-likeness (QED) is 0.673. The van der Waals surface area contributed by atoms with Crippen LogP contribution in [0.1, 0.15) is 10.5 Å². The predicted molar refractivity (Wildman–Crippen MR) is 97.4 cm³/mol. The Balaban J connectivity index is 1.38. The van der Waals surface area contributed by atoms with Gasteiger partial charge in [0.25, 0.3) is 0 Å². The molecule has 1 aliphatic heterocycles. The van der Waals surface area contributed by atoms with Crippen molar-refractivity contribution in [3.8, 4) is 0 Å². The Morgan fingerprint density at radius 3 is 2.60 bits per heavy atom. The molecular formula is C18H18ClN5O. The Bertz CT molecular complexity index is 884. The van der Waals surface area contributed by atoms with Gasteiger partial charge in [-0.05, 0) is 30.3 Å². The second-order valence-electron chi connectivity index (χ2n) is 6.10. The number of piperazine rings is 1. The van der Waals surface area contributed by atoms with Crippen LogP contribution in [0.3, 0.4) is 0 Å². The molecule has 0 saturated carbocycles. The van der Waals surface area contributed by atoms with E-state index in [1.807, 2.05) is 30.5 Å². The lowest BCUT2D eigenvalue weighted by Crippen LogP contribution is -2.48. The summed E-state index contributed by atoms with van der Waals surface area (Å²) in [6, 6.07) is 9.69. The third-order valence-corrected chi connectivity index (χ3v) is 4.76. The summed E-state index contributed by atoms with van der Waals surface area (Å²) in [7, 11) is 0. The van der Waals surface area contributed by atoms with Crippen LogP contribution in [0, 0.1) is 0 Å². The molecule has 6 nitrogen and oxygen atoms in total. The van der Waals surface area contributed by atoms with Gasteiger partial charge in [-0.3, -0.25) is 14.1 Å². The maximum Gasteiger partial charge on any atom is 0.234 e. The molecule has 0 amide bonds. The first-order valence-electron chi connectivity index (χ1n) is 8.25. The smallest absolute Gasteiger partial charge is 0.234 e. The highest BCUT2D eigenvalue weighted by molar-refractivity contribution is 6.30. The standard InChI is InChI=1S/C18H18ClN5O/c19-14-2-4-15(5-3-14)23-10-8-22(9-11-23)13-17(25)16-12-21-18-20-6-1-7-24(16)18/h1-7,12H,8-11,13H2. The van der Waals surface area contributed by atoms with Gasteiger partial charge >= 0.3 is 0 Å². The van der Waals surface area contributed by atoms with E-state index in [-0.39, 0.29) is 5.78 Å². The van der Waals surface area contributed by atoms with Crippen LogP contribution in [-0.2, 0) is 0 Å². The first-order valence-corrected chi connectivity index (χ1v) is 8.63. The summed E-state index contributed by atoms with van der Waals surface area (Å²) in [6.07, 6.45) is 5.10. The first-order chi connectivity index (χ1) is 12.2. The lowest BCUT2D eigenvalue weighted by Gasteiger charge is -2.35. The van der Waals surface area contributed by atoms with Crippen LogP contribution in [0.25, 0.3) is 5.78 Å². The van der Waals surface area contributed by atoms with Crippen LogP contribution in [0.4, 0.5) is 5.69 Å². The van der Waals surface area contributed by atoms with Crippen molar-refractivity contribution < 1.29 is 4.79 Å². The number of ketones is 1. The summed E-state index contributed by atoms with van der Waals surface area (Å²) in [4.78, 5) is 25.5. The van der Waals surface area contributed by atoms with Gasteiger partial charge in [0.05, 0.1) is 12.7 Å². The normalized spacial score (nSPS) is 15.6. The van der Waals surface area contributed by atoms with Crippen LogP contribution in [0.2, 0.25) is 5.02 Å². The van der Waals surface area contributed by atoms with Crippen molar-refractivity contribution in [1.29, 1.82) is 0 Å². The summed E-state index contributed by atoms with van der Waals surface area (Å²) in [5, 5.41) is 0.746. The number of aromatic nitrogens is 3. The molecule has 128 valence electrons. The molecule has 0 aliphatic carbocycles. The van der Waals surface area contributed by atoms with Crippen molar-refractivity contribution in [2.45, 2.75) is 0 Å². The topological polar surface area (TPSA) is 53.7 Å². The summed E-state index contributed by atoms with van der Waals surface area (Å²) in [6.45, 7) is 3.89. The number of nitrogens with zero attached hydrogens (tertiary/aromatic N) is 5. The SMILES string of the molecule is O=C(CN1CCN(c2ccc(Cl)cc2)CC1)c1cnc2ncccn12. The zero-order valence-corrected chi connectivity index (χ0v) is 14.4. The van der Waals surface area contributed by atoms with Gasteiger partial charge in [-0.15, -0.1) is 0 Å². The molecule has 3 aromatic rings. The van der Waals surface area contributed by atoms with E-state index in [1.54, 1.807) is 22.9 Å². The van der Waals surface area contributed by atoms with Gasteiger partial charge in [0.2, 0.25) is 5.78 Å². The first kappa shape index (κ1) is 16.1. The molecule has 2 aromatic heterocycles. The number of fused-ring (bicyclic) bond motifs is 1. The minimum absolute atomic E-state index is 0.0699. The Labute approximate surface area is 150 Å². The van der Waals surface area contributed by atoms with Crippen molar-refractivity contribution >= 4 is 28.8 Å². The van der Waals surface area contributed by atoms with Gasteiger partial charge in [-0.25, -0.2) is 9.97 Å². The summed E-state index contributed by atoms with van der Waals surface area (Å²) in [5.74, 6) is 0.624. The highest BCUT2D eigenvalue weighted by Crippen LogP contribution is 2.19. The molecule has 1 aromatic carbocycles. The van der Waals surface area contributed by atoms with Gasteiger partial charge in [-0.1, -0.05) is 11.6 Å². The van der Waals surface area contributed by atoms with E-state index in [1.165, 1.54) is 5.69 Å². The number of rotatable bonds is 4. The minimum atomic E-state index is 0.0699. The number of hydrogen-bond donors (Lipinski definition) is 0. The van der Waals surface area contributed by atoms with Gasteiger partial charge < -0.3 is 4.90 Å². The Morgan fingerprint density at radius 2 is 1.84 bits per heavy atom. The lowest BCUT2D eigenvalue weighted by molar-refractivity contribution is 0.0920. The van der Waals surface area contributed by atoms with Crippen LogP contribution < -0.4 is 4.90 Å². The molecule has 0 atom stereocenters. The Morgan fingerprint density at radius 1 is 1.08 bits per heavy atom. The van der Waals surface area contributed by atoms with E-state index >= 15 is 0 Å². The third-order valence-electron chi connectivity index (χ3n) is 4.51. The molecule has 1 saturated heterocycles. The fourth-order valence-corrected chi connectivity index (χ4v) is 3.26. The van der Waals surface area contributed by atoms with E-state index in [9.17, 15) is 4.79 Å². The van der Waals surface area contributed by atoms with Crippen LogP contribution >= 0.6 is 11.6 Å². The zero-order valence-electron chi connectivity index (χ0n) is 13.7. The van der Waals surface area contributed by atoms with Gasteiger partial charge in [0.1, 0.15) is 5.69 Å². The number of carbonyl (C=O) groups excluding carboxylic acids is 1. The van der Waals surface area contributed by atoms with Crippen molar-refractivity contribution in [3.05, 3.63) is 59.6 Å². The third kappa shape index (κ3) is 3.36. The maximum atomic E-state index is 12.6. The van der Waals surface area contributed by atoms with Crippen LogP contribution in [0.15, 0.2) is 48.9 Å². The van der Waals surface area contributed by atoms with Gasteiger partial charge in [0.15, 0.2) is 5.78 Å². The molecule has 0 bridgehead atoms. The molecular weight excluding hydrogens is 338 g/mol. The number of anilines is 1. The minimum Gasteiger partial charge on any atom is -0.369 e. The van der Waals surface area contributed by atoms with Crippen LogP contribution in [0.5, 0.6) is 0 Å². The maximum absolute atomic E-state index is 12.6. The average molecular weight is 356 g/mol. The summed E-state index contributed by atoms with van der Waals surface area (Å²) >= 11 is 5.95. The summed E-state index contributed by atoms with van der Waals surface area (Å²) in [5.41, 5.74) is 1.76. The van der Waals surface area contributed by atoms with E-state index in [2.05, 4.69) is 19.8 Å². The number of carbonyl (C=O) groups is 1. The fraction of sp³-hybridized carbons (Fsp3) is 0.278. The summed E-state index contributed by atoms with van der Waals surface area (Å²) < 4.78 is 1.74. The number of Topliss-reactive ketones (excluding diaryl/α,β-unsaturated/α-hetero) is 1. The number of imidazole rings is 1. The number of halogens is 1. The highest BCUT2D eigenvalue weighted by Gasteiger charge is 2.21. The van der Waals surface area contributed by atoms with Gasteiger partial charge in [0, 0.05) is 49.3 Å². The molecule has 0 radical (unpaired) electrons. The molecule has 3 heterocycles. The lowest BCUT2D eigenvalue weighted by atomic mass is 10.2. The fourth-order valence-electron chi connectivity index (χ4n) is 3.13. The largest absolute Gasteiger partial charge is 0.369 e. The van der Waals surface area contributed by atoms with E-state index < -0.39 is 0 Å². The molecule has 1 fully saturated rings. The number of benzene rings is 1. The van der Waals surface area contributed by atoms with E-state index in [0.717, 1.165) is 31.2 Å². The van der Waals surface area contributed by atoms with Crippen molar-refractivity contribution in [2.24, 2.45) is 0 Å². The molecule has 7 heteroatoms. The van der Waals surface area contributed by atoms with E-state index in [4.69, 9.17) is 11.6 Å². The molecule has 25 heavy (non-hydrogen) atoms. The van der Waals surface area contributed by atoms with Crippen molar-refractivity contribution in [2.75, 3.05) is 37.6 Å². The Kier molecular flexibility index (Phi) is 4.38. The van der Waals surface area contributed by atoms with Gasteiger partial charge in [-0.2, -0.15) is 0 Å². The van der Waals surface area contributed by atoms with Crippen LogP contribution in [-0.4, -0.2) is 57.8 Å². The molecule has 0 unspecified atom stereocenters. The molecule has 0 N–H and O–H groups in total. The monoisotopic (exact) mass is 355 g/mol. The average Bonchev–Trinajstić information content (AvgIpc) is 3.07. The molecule has 1 aliphatic rings. The molecule has 0 spiro atoms. The highest BCUT2D eigenvalue weighted by atomic mass is 35.5. The predicted octanol–water partition coefficient (Wildman–Crippen LogP) is 2.39. The second kappa shape index (κ2) is 6.82. The number of hydrogen-bond acceptors (Lipinski definition) is 5. The zero-order chi connectivity index (χ0) is 17.2. The second-order valence-corrected chi connectivity index (χ2v) is 6.53. The van der Waals surface area contributed by atoms with E-state index in [0.29, 0.717) is 18.0 Å². The molecule has 4 rings (SSSR count).